The van der Waals surface area contributed by atoms with Gasteiger partial charge >= 0.3 is 22.2 Å². The number of amidine groups is 1. The Morgan fingerprint density at radius 3 is 2.42 bits per heavy atom. The molecule has 0 spiro atoms. The summed E-state index contributed by atoms with van der Waals surface area (Å²) in [5, 5.41) is 14.0. The van der Waals surface area contributed by atoms with E-state index in [9.17, 15) is 22.8 Å². The molecule has 2 heterocycles. The molecule has 0 saturated carbocycles. The van der Waals surface area contributed by atoms with Crippen LogP contribution in [0.1, 0.15) is 74.1 Å². The van der Waals surface area contributed by atoms with Gasteiger partial charge in [-0.1, -0.05) is 39.2 Å². The van der Waals surface area contributed by atoms with Gasteiger partial charge in [-0.05, 0) is 67.4 Å². The number of carbonyl (C=O) groups is 3. The number of fused-ring (bicyclic) bond motifs is 1. The van der Waals surface area contributed by atoms with E-state index >= 15 is 0 Å². The van der Waals surface area contributed by atoms with Crippen molar-refractivity contribution in [3.63, 3.8) is 0 Å². The normalized spacial score (nSPS) is 11.2. The lowest BCUT2D eigenvalue weighted by molar-refractivity contribution is -0.133. The Morgan fingerprint density at radius 2 is 1.72 bits per heavy atom. The third-order valence-corrected chi connectivity index (χ3v) is 9.04. The molecule has 0 saturated heterocycles. The number of hydrogen-bond acceptors (Lipinski definition) is 11. The van der Waals surface area contributed by atoms with Crippen LogP contribution >= 0.6 is 0 Å². The molecule has 0 bridgehead atoms. The van der Waals surface area contributed by atoms with Gasteiger partial charge in [-0.25, -0.2) is 14.8 Å². The zero-order valence-electron chi connectivity index (χ0n) is 28.5. The van der Waals surface area contributed by atoms with E-state index in [0.29, 0.717) is 47.9 Å². The standard InChI is InChI=1S/C35H43N7O7S/c1-4-6-7-10-21-48-35(45)40-33(36)25-12-15-27(16-13-25)38-24-31-39-28-23-26(14-17-29(28)41(31)3)34(44)42(30-11-8-9-19-37-30)20-18-32(43)49-50(46,47)22-5-2/h8-9,11-17,19,23,38H,4-7,10,18,20-22,24H2,1-3H3,(H2,36,40,45). The fraction of sp³-hybridized carbons (Fsp3) is 0.371. The summed E-state index contributed by atoms with van der Waals surface area (Å²) in [6.45, 7) is 4.30. The van der Waals surface area contributed by atoms with Gasteiger partial charge < -0.3 is 18.8 Å². The van der Waals surface area contributed by atoms with Crippen molar-refractivity contribution in [2.45, 2.75) is 58.9 Å². The first kappa shape index (κ1) is 37.5. The van der Waals surface area contributed by atoms with Gasteiger partial charge in [0.1, 0.15) is 17.5 Å². The van der Waals surface area contributed by atoms with Crippen molar-refractivity contribution in [1.29, 1.82) is 5.41 Å². The Kier molecular flexibility index (Phi) is 13.4. The molecule has 0 radical (unpaired) electrons. The van der Waals surface area contributed by atoms with Gasteiger partial charge in [0.25, 0.3) is 5.91 Å². The molecule has 0 atom stereocenters. The van der Waals surface area contributed by atoms with Crippen LogP contribution in [0.2, 0.25) is 0 Å². The van der Waals surface area contributed by atoms with Crippen LogP contribution in [0.15, 0.2) is 66.9 Å². The zero-order valence-corrected chi connectivity index (χ0v) is 29.3. The first-order valence-corrected chi connectivity index (χ1v) is 18.1. The first-order chi connectivity index (χ1) is 24.0. The number of imidazole rings is 1. The molecule has 4 rings (SSSR count). The lowest BCUT2D eigenvalue weighted by Crippen LogP contribution is -2.34. The Bertz CT molecular complexity index is 1900. The number of anilines is 2. The van der Waals surface area contributed by atoms with Crippen molar-refractivity contribution in [3.05, 3.63) is 83.8 Å². The molecule has 266 valence electrons. The van der Waals surface area contributed by atoms with E-state index in [-0.39, 0.29) is 24.6 Å². The molecule has 0 unspecified atom stereocenters. The number of alkyl carbamates (subject to hydrolysis) is 1. The molecule has 2 amide bonds. The minimum Gasteiger partial charge on any atom is -0.449 e. The van der Waals surface area contributed by atoms with Gasteiger partial charge in [0, 0.05) is 36.6 Å². The highest BCUT2D eigenvalue weighted by atomic mass is 32.2. The van der Waals surface area contributed by atoms with E-state index in [2.05, 4.69) is 26.7 Å². The zero-order chi connectivity index (χ0) is 36.1. The third kappa shape index (κ3) is 10.6. The molecule has 14 nitrogen and oxygen atoms in total. The SMILES string of the molecule is CCCCCCOC(=O)NC(=N)c1ccc(NCc2nc3cc(C(=O)N(CCC(=O)OS(=O)(=O)CCC)c4ccccn4)ccc3n2C)cc1. The maximum absolute atomic E-state index is 13.7. The average Bonchev–Trinajstić information content (AvgIpc) is 3.41. The number of aromatic nitrogens is 3. The molecule has 0 fully saturated rings. The largest absolute Gasteiger partial charge is 0.449 e. The molecule has 4 aromatic rings. The summed E-state index contributed by atoms with van der Waals surface area (Å²) in [5.41, 5.74) is 2.97. The van der Waals surface area contributed by atoms with Crippen LogP contribution in [0.25, 0.3) is 11.0 Å². The quantitative estimate of drug-likeness (QED) is 0.0546. The second-order valence-corrected chi connectivity index (χ2v) is 13.2. The second kappa shape index (κ2) is 17.9. The number of unbranched alkanes of at least 4 members (excludes halogenated alkanes) is 3. The summed E-state index contributed by atoms with van der Waals surface area (Å²) in [7, 11) is -2.12. The fourth-order valence-electron chi connectivity index (χ4n) is 5.05. The summed E-state index contributed by atoms with van der Waals surface area (Å²) in [6.07, 6.45) is 4.80. The number of pyridine rings is 1. The fourth-order valence-corrected chi connectivity index (χ4v) is 6.00. The van der Waals surface area contributed by atoms with Gasteiger partial charge in [0.15, 0.2) is 0 Å². The summed E-state index contributed by atoms with van der Waals surface area (Å²) < 4.78 is 35.6. The smallest absolute Gasteiger partial charge is 0.412 e. The monoisotopic (exact) mass is 705 g/mol. The second-order valence-electron chi connectivity index (χ2n) is 11.5. The van der Waals surface area contributed by atoms with Crippen LogP contribution < -0.4 is 15.5 Å². The number of carbonyl (C=O) groups excluding carboxylic acids is 3. The van der Waals surface area contributed by atoms with Crippen molar-refractivity contribution in [3.8, 4) is 0 Å². The maximum Gasteiger partial charge on any atom is 0.412 e. The molecule has 50 heavy (non-hydrogen) atoms. The Balaban J connectivity index is 1.39. The summed E-state index contributed by atoms with van der Waals surface area (Å²) in [5.74, 6) is -0.748. The minimum absolute atomic E-state index is 0.0581. The van der Waals surface area contributed by atoms with Crippen molar-refractivity contribution in [1.82, 2.24) is 19.9 Å². The van der Waals surface area contributed by atoms with Gasteiger partial charge in [0.2, 0.25) is 0 Å². The highest BCUT2D eigenvalue weighted by Gasteiger charge is 2.23. The molecule has 0 aliphatic heterocycles. The number of nitrogens with one attached hydrogen (secondary N) is 3. The molecule has 15 heteroatoms. The summed E-state index contributed by atoms with van der Waals surface area (Å²) in [4.78, 5) is 48.4. The van der Waals surface area contributed by atoms with E-state index < -0.39 is 28.1 Å². The molecule has 0 aliphatic carbocycles. The van der Waals surface area contributed by atoms with Crippen molar-refractivity contribution in [2.24, 2.45) is 7.05 Å². The van der Waals surface area contributed by atoms with Crippen LogP contribution in [-0.4, -0.2) is 65.7 Å². The number of benzene rings is 2. The number of ether oxygens (including phenoxy) is 1. The number of hydrogen-bond donors (Lipinski definition) is 3. The van der Waals surface area contributed by atoms with Crippen molar-refractivity contribution >= 4 is 56.5 Å². The average molecular weight is 706 g/mol. The van der Waals surface area contributed by atoms with Crippen LogP contribution in [0.3, 0.4) is 0 Å². The summed E-state index contributed by atoms with van der Waals surface area (Å²) in [6, 6.07) is 17.1. The number of aryl methyl sites for hydroxylation is 1. The lowest BCUT2D eigenvalue weighted by Gasteiger charge is -2.21. The van der Waals surface area contributed by atoms with E-state index in [1.54, 1.807) is 67.6 Å². The van der Waals surface area contributed by atoms with E-state index in [0.717, 1.165) is 36.9 Å². The van der Waals surface area contributed by atoms with E-state index in [1.807, 2.05) is 11.6 Å². The van der Waals surface area contributed by atoms with Crippen LogP contribution in [0.4, 0.5) is 16.3 Å². The predicted octanol–water partition coefficient (Wildman–Crippen LogP) is 5.53. The van der Waals surface area contributed by atoms with Gasteiger partial charge in [-0.15, -0.1) is 0 Å². The lowest BCUT2D eigenvalue weighted by atomic mass is 10.1. The predicted molar refractivity (Wildman–Crippen MR) is 191 cm³/mol. The number of nitrogens with zero attached hydrogens (tertiary/aromatic N) is 4. The molecule has 2 aromatic heterocycles. The summed E-state index contributed by atoms with van der Waals surface area (Å²) >= 11 is 0. The van der Waals surface area contributed by atoms with Gasteiger partial charge in [-0.2, -0.15) is 8.42 Å². The van der Waals surface area contributed by atoms with Crippen molar-refractivity contribution in [2.75, 3.05) is 29.1 Å². The molecule has 2 aromatic carbocycles. The van der Waals surface area contributed by atoms with Gasteiger partial charge in [-0.3, -0.25) is 25.2 Å². The highest BCUT2D eigenvalue weighted by molar-refractivity contribution is 7.87. The third-order valence-electron chi connectivity index (χ3n) is 7.69. The number of rotatable bonds is 17. The first-order valence-electron chi connectivity index (χ1n) is 16.5. The molecule has 3 N–H and O–H groups in total. The van der Waals surface area contributed by atoms with Gasteiger partial charge in [0.05, 0.1) is 36.4 Å². The molecular weight excluding hydrogens is 662 g/mol. The maximum atomic E-state index is 13.7. The minimum atomic E-state index is -3.99. The Labute approximate surface area is 291 Å². The van der Waals surface area contributed by atoms with Crippen LogP contribution in [-0.2, 0) is 37.4 Å². The Hall–Kier alpha value is -5.31. The van der Waals surface area contributed by atoms with Crippen LogP contribution in [0.5, 0.6) is 0 Å². The van der Waals surface area contributed by atoms with E-state index in [4.69, 9.17) is 15.1 Å². The van der Waals surface area contributed by atoms with E-state index in [1.165, 1.54) is 11.1 Å². The highest BCUT2D eigenvalue weighted by Crippen LogP contribution is 2.22. The number of amides is 2. The van der Waals surface area contributed by atoms with Crippen molar-refractivity contribution < 1.29 is 31.7 Å². The molecular formula is C35H43N7O7S. The van der Waals surface area contributed by atoms with Crippen LogP contribution in [0, 0.1) is 5.41 Å². The topological polar surface area (TPSA) is 186 Å². The Morgan fingerprint density at radius 1 is 0.960 bits per heavy atom. The molecule has 0 aliphatic rings.